The van der Waals surface area contributed by atoms with E-state index in [1.807, 2.05) is 24.1 Å². The summed E-state index contributed by atoms with van der Waals surface area (Å²) in [5.74, 6) is 1.47. The molecule has 1 aromatic rings. The summed E-state index contributed by atoms with van der Waals surface area (Å²) in [7, 11) is 1.82. The van der Waals surface area contributed by atoms with Gasteiger partial charge in [0.2, 0.25) is 0 Å². The van der Waals surface area contributed by atoms with E-state index in [0.29, 0.717) is 11.5 Å². The molecule has 4 heteroatoms. The number of anilines is 1. The Balaban J connectivity index is 2.04. The molecule has 1 aliphatic heterocycles. The third-order valence-electron chi connectivity index (χ3n) is 3.97. The number of hydrogen-bond donors (Lipinski definition) is 1. The Kier molecular flexibility index (Phi) is 3.78. The zero-order valence-corrected chi connectivity index (χ0v) is 12.2. The Labute approximate surface area is 115 Å². The summed E-state index contributed by atoms with van der Waals surface area (Å²) in [4.78, 5) is 18.5. The lowest BCUT2D eigenvalue weighted by Crippen LogP contribution is -2.31. The van der Waals surface area contributed by atoms with Gasteiger partial charge in [-0.2, -0.15) is 0 Å². The van der Waals surface area contributed by atoms with Crippen LogP contribution < -0.4 is 5.32 Å². The highest BCUT2D eigenvalue weighted by atomic mass is 16.2. The normalized spacial score (nSPS) is 19.6. The highest BCUT2D eigenvalue weighted by Gasteiger charge is 2.34. The van der Waals surface area contributed by atoms with Crippen molar-refractivity contribution in [2.24, 2.45) is 11.3 Å². The molecule has 0 saturated carbocycles. The molecule has 1 saturated heterocycles. The van der Waals surface area contributed by atoms with Gasteiger partial charge in [-0.25, -0.2) is 4.98 Å². The zero-order chi connectivity index (χ0) is 14.0. The summed E-state index contributed by atoms with van der Waals surface area (Å²) < 4.78 is 0. The number of aromatic nitrogens is 1. The molecule has 104 valence electrons. The molecule has 19 heavy (non-hydrogen) atoms. The van der Waals surface area contributed by atoms with Crippen molar-refractivity contribution in [2.45, 2.75) is 27.2 Å². The van der Waals surface area contributed by atoms with Crippen LogP contribution in [0.25, 0.3) is 0 Å². The molecule has 4 nitrogen and oxygen atoms in total. The SMILES string of the molecule is CNc1ccc(C(=O)N2CCC(C(C)(C)C)C2)cn1. The van der Waals surface area contributed by atoms with Gasteiger partial charge in [-0.15, -0.1) is 0 Å². The Bertz CT molecular complexity index is 447. The molecule has 1 atom stereocenters. The maximum atomic E-state index is 12.4. The van der Waals surface area contributed by atoms with Gasteiger partial charge in [-0.05, 0) is 29.9 Å². The van der Waals surface area contributed by atoms with Crippen molar-refractivity contribution in [3.05, 3.63) is 23.9 Å². The van der Waals surface area contributed by atoms with E-state index in [0.717, 1.165) is 25.3 Å². The van der Waals surface area contributed by atoms with E-state index >= 15 is 0 Å². The Morgan fingerprint density at radius 2 is 2.16 bits per heavy atom. The van der Waals surface area contributed by atoms with Crippen molar-refractivity contribution in [3.8, 4) is 0 Å². The van der Waals surface area contributed by atoms with E-state index in [9.17, 15) is 4.79 Å². The summed E-state index contributed by atoms with van der Waals surface area (Å²) in [6, 6.07) is 3.68. The first-order chi connectivity index (χ1) is 8.91. The van der Waals surface area contributed by atoms with Crippen LogP contribution in [0, 0.1) is 11.3 Å². The molecule has 1 aliphatic rings. The first kappa shape index (κ1) is 13.8. The molecule has 0 spiro atoms. The van der Waals surface area contributed by atoms with Crippen molar-refractivity contribution in [2.75, 3.05) is 25.5 Å². The second kappa shape index (κ2) is 5.19. The monoisotopic (exact) mass is 261 g/mol. The predicted octanol–water partition coefficient (Wildman–Crippen LogP) is 2.63. The summed E-state index contributed by atoms with van der Waals surface area (Å²) >= 11 is 0. The van der Waals surface area contributed by atoms with Crippen LogP contribution in [0.2, 0.25) is 0 Å². The minimum atomic E-state index is 0.0990. The fourth-order valence-corrected chi connectivity index (χ4v) is 2.50. The molecule has 0 bridgehead atoms. The predicted molar refractivity (Wildman–Crippen MR) is 77.2 cm³/mol. The third-order valence-corrected chi connectivity index (χ3v) is 3.97. The Morgan fingerprint density at radius 1 is 1.42 bits per heavy atom. The number of likely N-dealkylation sites (tertiary alicyclic amines) is 1. The average molecular weight is 261 g/mol. The molecule has 0 radical (unpaired) electrons. The van der Waals surface area contributed by atoms with Gasteiger partial charge in [0.1, 0.15) is 5.82 Å². The molecule has 1 amide bonds. The maximum absolute atomic E-state index is 12.4. The van der Waals surface area contributed by atoms with E-state index < -0.39 is 0 Å². The fourth-order valence-electron chi connectivity index (χ4n) is 2.50. The van der Waals surface area contributed by atoms with Crippen molar-refractivity contribution < 1.29 is 4.79 Å². The molecule has 2 heterocycles. The highest BCUT2D eigenvalue weighted by molar-refractivity contribution is 5.94. The van der Waals surface area contributed by atoms with Gasteiger partial charge in [0, 0.05) is 26.3 Å². The van der Waals surface area contributed by atoms with Crippen LogP contribution in [0.3, 0.4) is 0 Å². The quantitative estimate of drug-likeness (QED) is 0.890. The molecular weight excluding hydrogens is 238 g/mol. The van der Waals surface area contributed by atoms with Gasteiger partial charge >= 0.3 is 0 Å². The van der Waals surface area contributed by atoms with Crippen LogP contribution in [-0.4, -0.2) is 35.9 Å². The lowest BCUT2D eigenvalue weighted by molar-refractivity contribution is 0.0776. The number of carbonyl (C=O) groups is 1. The van der Waals surface area contributed by atoms with Gasteiger partial charge in [-0.3, -0.25) is 4.79 Å². The van der Waals surface area contributed by atoms with E-state index in [4.69, 9.17) is 0 Å². The van der Waals surface area contributed by atoms with Gasteiger partial charge in [-0.1, -0.05) is 20.8 Å². The van der Waals surface area contributed by atoms with Crippen LogP contribution in [0.1, 0.15) is 37.6 Å². The minimum Gasteiger partial charge on any atom is -0.373 e. The highest BCUT2D eigenvalue weighted by Crippen LogP contribution is 2.34. The largest absolute Gasteiger partial charge is 0.373 e. The van der Waals surface area contributed by atoms with E-state index in [1.54, 1.807) is 6.20 Å². The lowest BCUT2D eigenvalue weighted by atomic mass is 9.80. The molecular formula is C15H23N3O. The van der Waals surface area contributed by atoms with Gasteiger partial charge in [0.25, 0.3) is 5.91 Å². The van der Waals surface area contributed by atoms with Gasteiger partial charge < -0.3 is 10.2 Å². The number of hydrogen-bond acceptors (Lipinski definition) is 3. The first-order valence-corrected chi connectivity index (χ1v) is 6.85. The van der Waals surface area contributed by atoms with E-state index in [1.165, 1.54) is 0 Å². The minimum absolute atomic E-state index is 0.0990. The molecule has 0 aromatic carbocycles. The second-order valence-corrected chi connectivity index (χ2v) is 6.28. The van der Waals surface area contributed by atoms with Crippen LogP contribution >= 0.6 is 0 Å². The van der Waals surface area contributed by atoms with Crippen LogP contribution in [0.15, 0.2) is 18.3 Å². The maximum Gasteiger partial charge on any atom is 0.255 e. The number of nitrogens with one attached hydrogen (secondary N) is 1. The Hall–Kier alpha value is -1.58. The van der Waals surface area contributed by atoms with Crippen molar-refractivity contribution >= 4 is 11.7 Å². The first-order valence-electron chi connectivity index (χ1n) is 6.85. The topological polar surface area (TPSA) is 45.2 Å². The fraction of sp³-hybridized carbons (Fsp3) is 0.600. The van der Waals surface area contributed by atoms with Crippen LogP contribution in [-0.2, 0) is 0 Å². The summed E-state index contributed by atoms with van der Waals surface area (Å²) in [6.07, 6.45) is 2.75. The number of pyridine rings is 1. The molecule has 0 aliphatic carbocycles. The van der Waals surface area contributed by atoms with Crippen LogP contribution in [0.4, 0.5) is 5.82 Å². The third kappa shape index (κ3) is 3.06. The smallest absolute Gasteiger partial charge is 0.255 e. The van der Waals surface area contributed by atoms with E-state index in [2.05, 4.69) is 31.1 Å². The van der Waals surface area contributed by atoms with Gasteiger partial charge in [0.15, 0.2) is 0 Å². The van der Waals surface area contributed by atoms with Gasteiger partial charge in [0.05, 0.1) is 5.56 Å². The summed E-state index contributed by atoms with van der Waals surface area (Å²) in [5.41, 5.74) is 0.942. The molecule has 1 aromatic heterocycles. The molecule has 1 unspecified atom stereocenters. The standard InChI is InChI=1S/C15H23N3O/c1-15(2,3)12-7-8-18(10-12)14(19)11-5-6-13(16-4)17-9-11/h5-6,9,12H,7-8,10H2,1-4H3,(H,16,17). The molecule has 2 rings (SSSR count). The Morgan fingerprint density at radius 3 is 2.63 bits per heavy atom. The van der Waals surface area contributed by atoms with Crippen LogP contribution in [0.5, 0.6) is 0 Å². The number of amides is 1. The molecule has 1 N–H and O–H groups in total. The number of nitrogens with zero attached hydrogens (tertiary/aromatic N) is 2. The number of rotatable bonds is 2. The average Bonchev–Trinajstić information content (AvgIpc) is 2.87. The van der Waals surface area contributed by atoms with Crippen molar-refractivity contribution in [3.63, 3.8) is 0 Å². The van der Waals surface area contributed by atoms with Crippen molar-refractivity contribution in [1.29, 1.82) is 0 Å². The van der Waals surface area contributed by atoms with Crippen molar-refractivity contribution in [1.82, 2.24) is 9.88 Å². The lowest BCUT2D eigenvalue weighted by Gasteiger charge is -2.27. The zero-order valence-electron chi connectivity index (χ0n) is 12.2. The van der Waals surface area contributed by atoms with E-state index in [-0.39, 0.29) is 11.3 Å². The summed E-state index contributed by atoms with van der Waals surface area (Å²) in [6.45, 7) is 8.45. The second-order valence-electron chi connectivity index (χ2n) is 6.28. The molecule has 1 fully saturated rings. The summed E-state index contributed by atoms with van der Waals surface area (Å²) in [5, 5.41) is 2.95. The number of carbonyl (C=O) groups excluding carboxylic acids is 1.